The van der Waals surface area contributed by atoms with Crippen LogP contribution in [0.5, 0.6) is 0 Å². The molecule has 2 aromatic rings. The fourth-order valence-electron chi connectivity index (χ4n) is 3.03. The lowest BCUT2D eigenvalue weighted by atomic mass is 9.87. The first-order chi connectivity index (χ1) is 10.2. The van der Waals surface area contributed by atoms with Crippen LogP contribution < -0.4 is 5.56 Å². The van der Waals surface area contributed by atoms with Gasteiger partial charge >= 0.3 is 0 Å². The Morgan fingerprint density at radius 3 is 2.81 bits per heavy atom. The smallest absolute Gasteiger partial charge is 0.270 e. The summed E-state index contributed by atoms with van der Waals surface area (Å²) in [7, 11) is 1.81. The van der Waals surface area contributed by atoms with E-state index in [1.807, 2.05) is 12.1 Å². The first-order valence-corrected chi connectivity index (χ1v) is 7.21. The molecule has 1 aromatic heterocycles. The molecule has 108 valence electrons. The van der Waals surface area contributed by atoms with Crippen LogP contribution in [0.3, 0.4) is 0 Å². The summed E-state index contributed by atoms with van der Waals surface area (Å²) in [6, 6.07) is 13.0. The summed E-state index contributed by atoms with van der Waals surface area (Å²) in [6.07, 6.45) is 3.10. The van der Waals surface area contributed by atoms with Crippen LogP contribution >= 0.6 is 0 Å². The number of hydrogen-bond acceptors (Lipinski definition) is 2. The van der Waals surface area contributed by atoms with Crippen LogP contribution in [-0.2, 0) is 6.42 Å². The number of pyridine rings is 1. The van der Waals surface area contributed by atoms with E-state index in [0.29, 0.717) is 5.69 Å². The highest BCUT2D eigenvalue weighted by Gasteiger charge is 2.27. The van der Waals surface area contributed by atoms with Crippen molar-refractivity contribution in [1.82, 2.24) is 9.88 Å². The lowest BCUT2D eigenvalue weighted by Gasteiger charge is -2.33. The average Bonchev–Trinajstić information content (AvgIpc) is 2.53. The normalized spacial score (nSPS) is 17.1. The van der Waals surface area contributed by atoms with Gasteiger partial charge in [0.25, 0.3) is 5.91 Å². The summed E-state index contributed by atoms with van der Waals surface area (Å²) in [5.41, 5.74) is 2.62. The van der Waals surface area contributed by atoms with Gasteiger partial charge in [0.15, 0.2) is 0 Å². The number of aromatic amines is 1. The van der Waals surface area contributed by atoms with Crippen molar-refractivity contribution in [1.29, 1.82) is 0 Å². The first kappa shape index (κ1) is 13.6. The van der Waals surface area contributed by atoms with Gasteiger partial charge in [-0.25, -0.2) is 0 Å². The van der Waals surface area contributed by atoms with Gasteiger partial charge in [-0.05, 0) is 36.5 Å². The Balaban J connectivity index is 1.91. The molecule has 1 N–H and O–H groups in total. The van der Waals surface area contributed by atoms with E-state index < -0.39 is 0 Å². The summed E-state index contributed by atoms with van der Waals surface area (Å²) < 4.78 is 0. The minimum Gasteiger partial charge on any atom is -0.333 e. The monoisotopic (exact) mass is 282 g/mol. The van der Waals surface area contributed by atoms with Crippen molar-refractivity contribution >= 4 is 5.91 Å². The molecule has 0 spiro atoms. The molecule has 1 atom stereocenters. The Hall–Kier alpha value is -2.36. The zero-order valence-corrected chi connectivity index (χ0v) is 12.0. The molecule has 1 aliphatic carbocycles. The number of nitrogens with zero attached hydrogens (tertiary/aromatic N) is 1. The summed E-state index contributed by atoms with van der Waals surface area (Å²) in [5.74, 6) is -0.144. The van der Waals surface area contributed by atoms with E-state index in [4.69, 9.17) is 0 Å². The average molecular weight is 282 g/mol. The molecule has 4 nitrogen and oxygen atoms in total. The number of rotatable bonds is 2. The molecule has 21 heavy (non-hydrogen) atoms. The Morgan fingerprint density at radius 2 is 2.00 bits per heavy atom. The second-order valence-electron chi connectivity index (χ2n) is 5.45. The van der Waals surface area contributed by atoms with Crippen molar-refractivity contribution in [2.75, 3.05) is 7.05 Å². The molecule has 4 heteroatoms. The van der Waals surface area contributed by atoms with Crippen LogP contribution in [0.2, 0.25) is 0 Å². The van der Waals surface area contributed by atoms with E-state index in [-0.39, 0.29) is 17.5 Å². The van der Waals surface area contributed by atoms with E-state index >= 15 is 0 Å². The number of fused-ring (bicyclic) bond motifs is 1. The molecule has 1 amide bonds. The van der Waals surface area contributed by atoms with Gasteiger partial charge in [-0.1, -0.05) is 30.3 Å². The number of carbonyl (C=O) groups is 1. The van der Waals surface area contributed by atoms with Gasteiger partial charge in [0.05, 0.1) is 6.04 Å². The third-order valence-corrected chi connectivity index (χ3v) is 4.12. The van der Waals surface area contributed by atoms with Crippen molar-refractivity contribution in [3.8, 4) is 0 Å². The number of aromatic nitrogens is 1. The molecule has 1 unspecified atom stereocenters. The molecule has 1 heterocycles. The molecule has 0 radical (unpaired) electrons. The van der Waals surface area contributed by atoms with Crippen LogP contribution in [-0.4, -0.2) is 22.8 Å². The summed E-state index contributed by atoms with van der Waals surface area (Å²) in [6.45, 7) is 0. The quantitative estimate of drug-likeness (QED) is 0.920. The first-order valence-electron chi connectivity index (χ1n) is 7.21. The van der Waals surface area contributed by atoms with Crippen molar-refractivity contribution in [2.24, 2.45) is 0 Å². The van der Waals surface area contributed by atoms with Crippen molar-refractivity contribution < 1.29 is 4.79 Å². The number of amides is 1. The maximum atomic E-state index is 12.6. The van der Waals surface area contributed by atoms with Gasteiger partial charge in [-0.2, -0.15) is 0 Å². The van der Waals surface area contributed by atoms with E-state index in [2.05, 4.69) is 17.1 Å². The maximum absolute atomic E-state index is 12.6. The topological polar surface area (TPSA) is 53.2 Å². The van der Waals surface area contributed by atoms with Gasteiger partial charge in [0, 0.05) is 13.1 Å². The molecule has 0 fully saturated rings. The molecule has 0 saturated heterocycles. The number of carbonyl (C=O) groups excluding carboxylic acids is 1. The molecular weight excluding hydrogens is 264 g/mol. The second kappa shape index (κ2) is 5.56. The van der Waals surface area contributed by atoms with Crippen molar-refractivity contribution in [3.63, 3.8) is 0 Å². The van der Waals surface area contributed by atoms with Gasteiger partial charge in [0.1, 0.15) is 5.69 Å². The van der Waals surface area contributed by atoms with Gasteiger partial charge in [0.2, 0.25) is 5.56 Å². The van der Waals surface area contributed by atoms with Crippen LogP contribution in [0.4, 0.5) is 0 Å². The van der Waals surface area contributed by atoms with Gasteiger partial charge < -0.3 is 9.88 Å². The van der Waals surface area contributed by atoms with Crippen LogP contribution in [0.15, 0.2) is 47.3 Å². The third kappa shape index (κ3) is 2.61. The molecule has 0 saturated carbocycles. The molecule has 1 aliphatic rings. The lowest BCUT2D eigenvalue weighted by molar-refractivity contribution is 0.0709. The van der Waals surface area contributed by atoms with Crippen LogP contribution in [0.1, 0.15) is 40.5 Å². The Kier molecular flexibility index (Phi) is 3.60. The van der Waals surface area contributed by atoms with E-state index in [1.165, 1.54) is 17.2 Å². The highest BCUT2D eigenvalue weighted by atomic mass is 16.2. The number of H-pyrrole nitrogens is 1. The largest absolute Gasteiger partial charge is 0.333 e. The Morgan fingerprint density at radius 1 is 1.19 bits per heavy atom. The van der Waals surface area contributed by atoms with Crippen LogP contribution in [0, 0.1) is 0 Å². The number of benzene rings is 1. The van der Waals surface area contributed by atoms with Gasteiger partial charge in [-0.15, -0.1) is 0 Å². The molecule has 0 aliphatic heterocycles. The molecule has 0 bridgehead atoms. The summed E-state index contributed by atoms with van der Waals surface area (Å²) >= 11 is 0. The van der Waals surface area contributed by atoms with Gasteiger partial charge in [-0.3, -0.25) is 9.59 Å². The summed E-state index contributed by atoms with van der Waals surface area (Å²) in [4.78, 5) is 28.3. The van der Waals surface area contributed by atoms with E-state index in [9.17, 15) is 9.59 Å². The SMILES string of the molecule is CN(C(=O)c1cccc(=O)[nH]1)C1CCCc2ccccc21. The highest BCUT2D eigenvalue weighted by molar-refractivity contribution is 5.92. The minimum atomic E-state index is -0.252. The number of aryl methyl sites for hydroxylation is 1. The van der Waals surface area contributed by atoms with E-state index in [0.717, 1.165) is 19.3 Å². The predicted molar refractivity (Wildman–Crippen MR) is 81.3 cm³/mol. The Bertz CT molecular complexity index is 720. The number of hydrogen-bond donors (Lipinski definition) is 1. The fraction of sp³-hybridized carbons (Fsp3) is 0.294. The standard InChI is InChI=1S/C17H18N2O2/c1-19(17(21)14-9-5-11-16(20)18-14)15-10-4-7-12-6-2-3-8-13(12)15/h2-3,5-6,8-9,11,15H,4,7,10H2,1H3,(H,18,20). The summed E-state index contributed by atoms with van der Waals surface area (Å²) in [5, 5.41) is 0. The molecule has 1 aromatic carbocycles. The third-order valence-electron chi connectivity index (χ3n) is 4.12. The lowest BCUT2D eigenvalue weighted by Crippen LogP contribution is -2.34. The Labute approximate surface area is 123 Å². The second-order valence-corrected chi connectivity index (χ2v) is 5.45. The molecule has 3 rings (SSSR count). The fourth-order valence-corrected chi connectivity index (χ4v) is 3.03. The predicted octanol–water partition coefficient (Wildman–Crippen LogP) is 2.52. The molecular formula is C17H18N2O2. The maximum Gasteiger partial charge on any atom is 0.270 e. The van der Waals surface area contributed by atoms with Crippen molar-refractivity contribution in [3.05, 3.63) is 69.6 Å². The zero-order valence-electron chi connectivity index (χ0n) is 12.0. The highest BCUT2D eigenvalue weighted by Crippen LogP contribution is 2.33. The van der Waals surface area contributed by atoms with Crippen LogP contribution in [0.25, 0.3) is 0 Å². The minimum absolute atomic E-state index is 0.0751. The van der Waals surface area contributed by atoms with Crippen molar-refractivity contribution in [2.45, 2.75) is 25.3 Å². The number of nitrogens with one attached hydrogen (secondary N) is 1. The zero-order chi connectivity index (χ0) is 14.8. The van der Waals surface area contributed by atoms with E-state index in [1.54, 1.807) is 24.1 Å².